The van der Waals surface area contributed by atoms with Crippen LogP contribution in [0, 0.1) is 6.92 Å². The largest absolute Gasteiger partial charge is 0.354 e. The molecule has 0 bridgehead atoms. The average Bonchev–Trinajstić information content (AvgIpc) is 2.57. The van der Waals surface area contributed by atoms with Crippen molar-refractivity contribution in [1.29, 1.82) is 0 Å². The minimum absolute atomic E-state index is 0.163. The Kier molecular flexibility index (Phi) is 6.58. The summed E-state index contributed by atoms with van der Waals surface area (Å²) in [7, 11) is -2.05. The first-order chi connectivity index (χ1) is 11.8. The average molecular weight is 381 g/mol. The van der Waals surface area contributed by atoms with Crippen LogP contribution in [0.2, 0.25) is 5.02 Å². The summed E-state index contributed by atoms with van der Waals surface area (Å²) in [6, 6.07) is 13.7. The lowest BCUT2D eigenvalue weighted by atomic mass is 10.1. The first-order valence-corrected chi connectivity index (χ1v) is 9.65. The molecule has 5 nitrogen and oxygen atoms in total. The van der Waals surface area contributed by atoms with Crippen LogP contribution in [0.25, 0.3) is 0 Å². The highest BCUT2D eigenvalue weighted by molar-refractivity contribution is 7.89. The van der Waals surface area contributed by atoms with Gasteiger partial charge in [0, 0.05) is 25.2 Å². The van der Waals surface area contributed by atoms with Crippen molar-refractivity contribution in [3.05, 3.63) is 64.7 Å². The van der Waals surface area contributed by atoms with Gasteiger partial charge in [-0.1, -0.05) is 41.4 Å². The van der Waals surface area contributed by atoms with Gasteiger partial charge in [0.05, 0.1) is 11.3 Å². The molecule has 0 aliphatic rings. The number of halogens is 1. The highest BCUT2D eigenvalue weighted by atomic mass is 35.5. The molecule has 0 saturated carbocycles. The molecule has 1 N–H and O–H groups in total. The van der Waals surface area contributed by atoms with E-state index in [-0.39, 0.29) is 30.3 Å². The molecule has 0 unspecified atom stereocenters. The Morgan fingerprint density at radius 2 is 1.68 bits per heavy atom. The molecule has 1 amide bonds. The maximum absolute atomic E-state index is 12.4. The number of likely N-dealkylation sites (N-methyl/N-ethyl adjacent to an activating group) is 1. The van der Waals surface area contributed by atoms with Crippen LogP contribution in [-0.2, 0) is 21.2 Å². The van der Waals surface area contributed by atoms with Crippen LogP contribution >= 0.6 is 11.6 Å². The van der Waals surface area contributed by atoms with Crippen molar-refractivity contribution >= 4 is 27.5 Å². The molecule has 0 heterocycles. The number of amides is 1. The Morgan fingerprint density at radius 3 is 2.28 bits per heavy atom. The van der Waals surface area contributed by atoms with Crippen molar-refractivity contribution in [3.8, 4) is 0 Å². The van der Waals surface area contributed by atoms with Gasteiger partial charge in [0.1, 0.15) is 0 Å². The Balaban J connectivity index is 1.84. The summed E-state index contributed by atoms with van der Waals surface area (Å²) in [5.74, 6) is -0.163. The Morgan fingerprint density at radius 1 is 1.08 bits per heavy atom. The third-order valence-corrected chi connectivity index (χ3v) is 5.88. The lowest BCUT2D eigenvalue weighted by molar-refractivity contribution is -0.120. The molecule has 2 aromatic rings. The number of hydrogen-bond acceptors (Lipinski definition) is 3. The number of carbonyl (C=O) groups is 1. The van der Waals surface area contributed by atoms with Gasteiger partial charge in [-0.3, -0.25) is 4.79 Å². The molecule has 0 aliphatic carbocycles. The van der Waals surface area contributed by atoms with Gasteiger partial charge in [-0.15, -0.1) is 0 Å². The zero-order valence-corrected chi connectivity index (χ0v) is 15.8. The van der Waals surface area contributed by atoms with E-state index in [9.17, 15) is 13.2 Å². The van der Waals surface area contributed by atoms with Crippen LogP contribution in [0.1, 0.15) is 11.1 Å². The molecular formula is C18H21ClN2O3S. The number of nitrogens with zero attached hydrogens (tertiary/aromatic N) is 1. The van der Waals surface area contributed by atoms with E-state index >= 15 is 0 Å². The van der Waals surface area contributed by atoms with Gasteiger partial charge in [-0.25, -0.2) is 8.42 Å². The van der Waals surface area contributed by atoms with E-state index in [1.807, 2.05) is 6.92 Å². The van der Waals surface area contributed by atoms with Crippen LogP contribution in [0.4, 0.5) is 0 Å². The van der Waals surface area contributed by atoms with Crippen molar-refractivity contribution in [1.82, 2.24) is 9.62 Å². The van der Waals surface area contributed by atoms with Crippen LogP contribution in [0.15, 0.2) is 53.4 Å². The van der Waals surface area contributed by atoms with Gasteiger partial charge in [0.15, 0.2) is 0 Å². The second kappa shape index (κ2) is 8.47. The SMILES string of the molecule is Cc1ccc(S(=O)(=O)N(C)CCNC(=O)Cc2ccc(Cl)cc2)cc1. The van der Waals surface area contributed by atoms with Crippen LogP contribution in [-0.4, -0.2) is 38.8 Å². The van der Waals surface area contributed by atoms with E-state index in [0.717, 1.165) is 11.1 Å². The molecule has 0 radical (unpaired) electrons. The van der Waals surface area contributed by atoms with E-state index in [0.29, 0.717) is 5.02 Å². The molecule has 0 spiro atoms. The fourth-order valence-corrected chi connectivity index (χ4v) is 3.51. The van der Waals surface area contributed by atoms with E-state index in [1.165, 1.54) is 11.4 Å². The number of aryl methyl sites for hydroxylation is 1. The Labute approximate surface area is 153 Å². The topological polar surface area (TPSA) is 66.5 Å². The van der Waals surface area contributed by atoms with E-state index < -0.39 is 10.0 Å². The summed E-state index contributed by atoms with van der Waals surface area (Å²) in [5.41, 5.74) is 1.85. The lowest BCUT2D eigenvalue weighted by Crippen LogP contribution is -2.36. The molecule has 0 saturated heterocycles. The molecule has 0 fully saturated rings. The smallest absolute Gasteiger partial charge is 0.242 e. The quantitative estimate of drug-likeness (QED) is 0.802. The Hall–Kier alpha value is -1.89. The van der Waals surface area contributed by atoms with Crippen LogP contribution < -0.4 is 5.32 Å². The highest BCUT2D eigenvalue weighted by Gasteiger charge is 2.20. The maximum atomic E-state index is 12.4. The van der Waals surface area contributed by atoms with Crippen molar-refractivity contribution < 1.29 is 13.2 Å². The number of benzene rings is 2. The predicted octanol–water partition coefficient (Wildman–Crippen LogP) is 2.63. The fraction of sp³-hybridized carbons (Fsp3) is 0.278. The molecule has 0 aromatic heterocycles. The normalized spacial score (nSPS) is 11.5. The lowest BCUT2D eigenvalue weighted by Gasteiger charge is -2.17. The molecular weight excluding hydrogens is 360 g/mol. The van der Waals surface area contributed by atoms with Gasteiger partial charge in [-0.05, 0) is 36.8 Å². The van der Waals surface area contributed by atoms with Crippen molar-refractivity contribution in [2.75, 3.05) is 20.1 Å². The molecule has 0 aliphatic heterocycles. The second-order valence-electron chi connectivity index (χ2n) is 5.79. The van der Waals surface area contributed by atoms with Gasteiger partial charge in [0.2, 0.25) is 15.9 Å². The van der Waals surface area contributed by atoms with Gasteiger partial charge in [0.25, 0.3) is 0 Å². The first-order valence-electron chi connectivity index (χ1n) is 7.83. The number of nitrogens with one attached hydrogen (secondary N) is 1. The summed E-state index contributed by atoms with van der Waals surface area (Å²) < 4.78 is 26.1. The molecule has 2 rings (SSSR count). The van der Waals surface area contributed by atoms with E-state index in [2.05, 4.69) is 5.32 Å². The molecule has 134 valence electrons. The van der Waals surface area contributed by atoms with E-state index in [1.54, 1.807) is 48.5 Å². The first kappa shape index (κ1) is 19.4. The highest BCUT2D eigenvalue weighted by Crippen LogP contribution is 2.14. The number of sulfonamides is 1. The zero-order valence-electron chi connectivity index (χ0n) is 14.2. The van der Waals surface area contributed by atoms with Gasteiger partial charge < -0.3 is 5.32 Å². The molecule has 7 heteroatoms. The molecule has 25 heavy (non-hydrogen) atoms. The summed E-state index contributed by atoms with van der Waals surface area (Å²) in [5, 5.41) is 3.35. The monoisotopic (exact) mass is 380 g/mol. The van der Waals surface area contributed by atoms with Crippen molar-refractivity contribution in [3.63, 3.8) is 0 Å². The zero-order chi connectivity index (χ0) is 18.4. The fourth-order valence-electron chi connectivity index (χ4n) is 2.21. The van der Waals surface area contributed by atoms with Crippen molar-refractivity contribution in [2.45, 2.75) is 18.2 Å². The van der Waals surface area contributed by atoms with Crippen molar-refractivity contribution in [2.24, 2.45) is 0 Å². The number of carbonyl (C=O) groups excluding carboxylic acids is 1. The summed E-state index contributed by atoms with van der Waals surface area (Å²) >= 11 is 5.81. The Bertz CT molecular complexity index is 818. The summed E-state index contributed by atoms with van der Waals surface area (Å²) in [4.78, 5) is 12.2. The minimum Gasteiger partial charge on any atom is -0.354 e. The van der Waals surface area contributed by atoms with Crippen LogP contribution in [0.5, 0.6) is 0 Å². The minimum atomic E-state index is -3.55. The third-order valence-electron chi connectivity index (χ3n) is 3.76. The second-order valence-corrected chi connectivity index (χ2v) is 8.27. The molecule has 2 aromatic carbocycles. The third kappa shape index (κ3) is 5.56. The van der Waals surface area contributed by atoms with Gasteiger partial charge in [-0.2, -0.15) is 4.31 Å². The maximum Gasteiger partial charge on any atom is 0.242 e. The number of rotatable bonds is 7. The summed E-state index contributed by atoms with van der Waals surface area (Å²) in [6.07, 6.45) is 0.228. The standard InChI is InChI=1S/C18H21ClN2O3S/c1-14-3-9-17(10-4-14)25(23,24)21(2)12-11-20-18(22)13-15-5-7-16(19)8-6-15/h3-10H,11-13H2,1-2H3,(H,20,22). The molecule has 0 atom stereocenters. The summed E-state index contributed by atoms with van der Waals surface area (Å²) in [6.45, 7) is 2.34. The number of hydrogen-bond donors (Lipinski definition) is 1. The van der Waals surface area contributed by atoms with Gasteiger partial charge >= 0.3 is 0 Å². The predicted molar refractivity (Wildman–Crippen MR) is 99.2 cm³/mol. The van der Waals surface area contributed by atoms with Crippen LogP contribution in [0.3, 0.4) is 0 Å². The van der Waals surface area contributed by atoms with E-state index in [4.69, 9.17) is 11.6 Å².